The Morgan fingerprint density at radius 2 is 1.92 bits per heavy atom. The van der Waals surface area contributed by atoms with Crippen LogP contribution >= 0.6 is 0 Å². The standard InChI is InChI=1S/C20H23FN2O2/c21-19-7-6-15(10-18(19)14-24)12-22-20(25)17-5-3-4-16(11-17)13-23-8-1-2-9-23/h3-7,10-11,24H,1-2,8-9,12-14H2,(H,22,25). The SMILES string of the molecule is O=C(NCc1ccc(F)c(CO)c1)c1cccc(CN2CCCC2)c1. The third kappa shape index (κ3) is 4.65. The van der Waals surface area contributed by atoms with Gasteiger partial charge in [-0.3, -0.25) is 9.69 Å². The second-order valence-electron chi connectivity index (χ2n) is 6.45. The summed E-state index contributed by atoms with van der Waals surface area (Å²) in [7, 11) is 0. The van der Waals surface area contributed by atoms with Crippen LogP contribution in [-0.4, -0.2) is 29.0 Å². The zero-order valence-corrected chi connectivity index (χ0v) is 14.2. The summed E-state index contributed by atoms with van der Waals surface area (Å²) < 4.78 is 13.4. The van der Waals surface area contributed by atoms with E-state index in [9.17, 15) is 9.18 Å². The molecule has 5 heteroatoms. The predicted molar refractivity (Wildman–Crippen MR) is 94.4 cm³/mol. The van der Waals surface area contributed by atoms with Crippen molar-refractivity contribution >= 4 is 5.91 Å². The average molecular weight is 342 g/mol. The average Bonchev–Trinajstić information content (AvgIpc) is 3.14. The maximum absolute atomic E-state index is 13.4. The Bertz CT molecular complexity index is 742. The molecule has 0 saturated carbocycles. The number of benzene rings is 2. The Kier molecular flexibility index (Phi) is 5.79. The van der Waals surface area contributed by atoms with E-state index in [0.717, 1.165) is 30.8 Å². The van der Waals surface area contributed by atoms with Crippen LogP contribution in [0.25, 0.3) is 0 Å². The molecule has 0 radical (unpaired) electrons. The van der Waals surface area contributed by atoms with Crippen LogP contribution in [0.2, 0.25) is 0 Å². The summed E-state index contributed by atoms with van der Waals surface area (Å²) in [6, 6.07) is 12.2. The Balaban J connectivity index is 1.61. The first-order chi connectivity index (χ1) is 12.2. The number of halogens is 1. The van der Waals surface area contributed by atoms with Gasteiger partial charge in [0, 0.05) is 24.2 Å². The molecule has 0 aromatic heterocycles. The summed E-state index contributed by atoms with van der Waals surface area (Å²) in [5.41, 5.74) is 2.76. The van der Waals surface area contributed by atoms with Gasteiger partial charge in [-0.25, -0.2) is 4.39 Å². The summed E-state index contributed by atoms with van der Waals surface area (Å²) in [4.78, 5) is 14.8. The summed E-state index contributed by atoms with van der Waals surface area (Å²) in [5, 5.41) is 12.0. The molecule has 0 spiro atoms. The first-order valence-electron chi connectivity index (χ1n) is 8.63. The van der Waals surface area contributed by atoms with Gasteiger partial charge in [0.15, 0.2) is 0 Å². The molecule has 0 unspecified atom stereocenters. The Morgan fingerprint density at radius 1 is 1.12 bits per heavy atom. The van der Waals surface area contributed by atoms with E-state index in [4.69, 9.17) is 5.11 Å². The van der Waals surface area contributed by atoms with Gasteiger partial charge in [0.05, 0.1) is 6.61 Å². The van der Waals surface area contributed by atoms with E-state index in [1.807, 2.05) is 18.2 Å². The summed E-state index contributed by atoms with van der Waals surface area (Å²) in [5.74, 6) is -0.592. The van der Waals surface area contributed by atoms with Crippen molar-refractivity contribution in [3.05, 3.63) is 70.5 Å². The minimum atomic E-state index is -0.438. The number of hydrogen-bond donors (Lipinski definition) is 2. The Hall–Kier alpha value is -2.24. The molecular formula is C20H23FN2O2. The highest BCUT2D eigenvalue weighted by atomic mass is 19.1. The molecule has 25 heavy (non-hydrogen) atoms. The highest BCUT2D eigenvalue weighted by Crippen LogP contribution is 2.14. The Labute approximate surface area is 147 Å². The minimum Gasteiger partial charge on any atom is -0.392 e. The monoisotopic (exact) mass is 342 g/mol. The highest BCUT2D eigenvalue weighted by Gasteiger charge is 2.13. The van der Waals surface area contributed by atoms with Crippen molar-refractivity contribution in [3.63, 3.8) is 0 Å². The van der Waals surface area contributed by atoms with E-state index in [1.54, 1.807) is 18.2 Å². The minimum absolute atomic E-state index is 0.154. The fraction of sp³-hybridized carbons (Fsp3) is 0.350. The molecule has 1 aliphatic heterocycles. The molecule has 0 atom stereocenters. The van der Waals surface area contributed by atoms with Gasteiger partial charge in [-0.1, -0.05) is 18.2 Å². The fourth-order valence-corrected chi connectivity index (χ4v) is 3.15. The summed E-state index contributed by atoms with van der Waals surface area (Å²) >= 11 is 0. The maximum Gasteiger partial charge on any atom is 0.251 e. The van der Waals surface area contributed by atoms with Crippen LogP contribution in [-0.2, 0) is 19.7 Å². The molecule has 2 N–H and O–H groups in total. The van der Waals surface area contributed by atoms with Gasteiger partial charge in [-0.05, 0) is 61.3 Å². The summed E-state index contributed by atoms with van der Waals surface area (Å²) in [6.07, 6.45) is 2.49. The molecular weight excluding hydrogens is 319 g/mol. The first kappa shape index (κ1) is 17.6. The van der Waals surface area contributed by atoms with Crippen molar-refractivity contribution in [1.82, 2.24) is 10.2 Å². The van der Waals surface area contributed by atoms with E-state index in [-0.39, 0.29) is 18.1 Å². The number of nitrogens with one attached hydrogen (secondary N) is 1. The van der Waals surface area contributed by atoms with Gasteiger partial charge in [-0.2, -0.15) is 0 Å². The number of carbonyl (C=O) groups excluding carboxylic acids is 1. The lowest BCUT2D eigenvalue weighted by molar-refractivity contribution is 0.0950. The maximum atomic E-state index is 13.4. The molecule has 0 bridgehead atoms. The van der Waals surface area contributed by atoms with Gasteiger partial charge in [-0.15, -0.1) is 0 Å². The third-order valence-corrected chi connectivity index (χ3v) is 4.53. The van der Waals surface area contributed by atoms with Gasteiger partial charge >= 0.3 is 0 Å². The summed E-state index contributed by atoms with van der Waals surface area (Å²) in [6.45, 7) is 3.05. The van der Waals surface area contributed by atoms with Crippen molar-refractivity contribution in [2.24, 2.45) is 0 Å². The number of rotatable bonds is 6. The number of hydrogen-bond acceptors (Lipinski definition) is 3. The van der Waals surface area contributed by atoms with Crippen molar-refractivity contribution in [2.45, 2.75) is 32.5 Å². The van der Waals surface area contributed by atoms with Gasteiger partial charge in [0.25, 0.3) is 5.91 Å². The molecule has 3 rings (SSSR count). The normalized spacial score (nSPS) is 14.6. The largest absolute Gasteiger partial charge is 0.392 e. The smallest absolute Gasteiger partial charge is 0.251 e. The van der Waals surface area contributed by atoms with Crippen LogP contribution in [0.3, 0.4) is 0 Å². The molecule has 1 fully saturated rings. The van der Waals surface area contributed by atoms with Gasteiger partial charge < -0.3 is 10.4 Å². The third-order valence-electron chi connectivity index (χ3n) is 4.53. The van der Waals surface area contributed by atoms with Crippen molar-refractivity contribution < 1.29 is 14.3 Å². The fourth-order valence-electron chi connectivity index (χ4n) is 3.15. The lowest BCUT2D eigenvalue weighted by Gasteiger charge is -2.15. The molecule has 1 heterocycles. The van der Waals surface area contributed by atoms with Crippen LogP contribution in [0.15, 0.2) is 42.5 Å². The molecule has 1 saturated heterocycles. The molecule has 4 nitrogen and oxygen atoms in total. The molecule has 132 valence electrons. The second-order valence-corrected chi connectivity index (χ2v) is 6.45. The number of likely N-dealkylation sites (tertiary alicyclic amines) is 1. The molecule has 0 aliphatic carbocycles. The number of amides is 1. The lowest BCUT2D eigenvalue weighted by Crippen LogP contribution is -2.23. The lowest BCUT2D eigenvalue weighted by atomic mass is 10.1. The van der Waals surface area contributed by atoms with Gasteiger partial charge in [0.2, 0.25) is 0 Å². The number of nitrogens with zero attached hydrogens (tertiary/aromatic N) is 1. The van der Waals surface area contributed by atoms with E-state index in [2.05, 4.69) is 10.2 Å². The van der Waals surface area contributed by atoms with E-state index >= 15 is 0 Å². The zero-order valence-electron chi connectivity index (χ0n) is 14.2. The topological polar surface area (TPSA) is 52.6 Å². The van der Waals surface area contributed by atoms with E-state index in [0.29, 0.717) is 12.1 Å². The van der Waals surface area contributed by atoms with E-state index in [1.165, 1.54) is 18.9 Å². The number of aliphatic hydroxyl groups excluding tert-OH is 1. The zero-order chi connectivity index (χ0) is 17.6. The van der Waals surface area contributed by atoms with Crippen LogP contribution in [0.4, 0.5) is 4.39 Å². The molecule has 2 aromatic rings. The van der Waals surface area contributed by atoms with Crippen LogP contribution in [0, 0.1) is 5.82 Å². The Morgan fingerprint density at radius 3 is 2.68 bits per heavy atom. The number of carbonyl (C=O) groups is 1. The van der Waals surface area contributed by atoms with Crippen LogP contribution in [0.5, 0.6) is 0 Å². The molecule has 2 aromatic carbocycles. The second kappa shape index (κ2) is 8.23. The van der Waals surface area contributed by atoms with Crippen LogP contribution in [0.1, 0.15) is 39.9 Å². The predicted octanol–water partition coefficient (Wildman–Crippen LogP) is 2.84. The molecule has 1 aliphatic rings. The molecule has 1 amide bonds. The van der Waals surface area contributed by atoms with Crippen molar-refractivity contribution in [1.29, 1.82) is 0 Å². The number of aliphatic hydroxyl groups is 1. The highest BCUT2D eigenvalue weighted by molar-refractivity contribution is 5.94. The van der Waals surface area contributed by atoms with E-state index < -0.39 is 5.82 Å². The quantitative estimate of drug-likeness (QED) is 0.849. The van der Waals surface area contributed by atoms with Crippen molar-refractivity contribution in [2.75, 3.05) is 13.1 Å². The van der Waals surface area contributed by atoms with Crippen LogP contribution < -0.4 is 5.32 Å². The van der Waals surface area contributed by atoms with Gasteiger partial charge in [0.1, 0.15) is 5.82 Å². The van der Waals surface area contributed by atoms with Crippen molar-refractivity contribution in [3.8, 4) is 0 Å². The first-order valence-corrected chi connectivity index (χ1v) is 8.63.